The normalized spacial score (nSPS) is 13.7. The van der Waals surface area contributed by atoms with E-state index in [2.05, 4.69) is 4.98 Å². The van der Waals surface area contributed by atoms with Crippen molar-refractivity contribution in [1.29, 1.82) is 0 Å². The molecule has 0 fully saturated rings. The lowest BCUT2D eigenvalue weighted by Crippen LogP contribution is -2.22. The fourth-order valence-corrected chi connectivity index (χ4v) is 5.93. The van der Waals surface area contributed by atoms with Crippen LogP contribution in [0.1, 0.15) is 28.2 Å². The van der Waals surface area contributed by atoms with E-state index in [4.69, 9.17) is 40.3 Å². The maximum Gasteiger partial charge on any atom is 0.344 e. The van der Waals surface area contributed by atoms with Gasteiger partial charge in [0.2, 0.25) is 5.88 Å². The molecule has 1 unspecified atom stereocenters. The Balaban J connectivity index is 1.34. The molecule has 1 atom stereocenters. The Bertz CT molecular complexity index is 2300. The summed E-state index contributed by atoms with van der Waals surface area (Å²) in [5.41, 5.74) is 3.67. The second kappa shape index (κ2) is 10.8. The highest BCUT2D eigenvalue weighted by Crippen LogP contribution is 2.49. The summed E-state index contributed by atoms with van der Waals surface area (Å²) in [7, 11) is 1.57. The molecule has 0 saturated heterocycles. The molecule has 0 N–H and O–H groups in total. The molecule has 10 heteroatoms. The van der Waals surface area contributed by atoms with Gasteiger partial charge in [0.1, 0.15) is 30.0 Å². The van der Waals surface area contributed by atoms with Crippen LogP contribution in [0, 0.1) is 0 Å². The third-order valence-electron chi connectivity index (χ3n) is 7.80. The van der Waals surface area contributed by atoms with Crippen LogP contribution in [0.4, 0.5) is 0 Å². The van der Waals surface area contributed by atoms with Crippen LogP contribution in [0.3, 0.4) is 0 Å². The summed E-state index contributed by atoms with van der Waals surface area (Å²) in [6.45, 7) is 0.388. The largest absolute Gasteiger partial charge is 0.496 e. The first kappa shape index (κ1) is 26.9. The van der Waals surface area contributed by atoms with E-state index in [-0.39, 0.29) is 0 Å². The summed E-state index contributed by atoms with van der Waals surface area (Å²) >= 11 is 6.33. The average molecular weight is 615 g/mol. The first-order chi connectivity index (χ1) is 22.1. The number of nitrogens with zero attached hydrogens (tertiary/aromatic N) is 4. The van der Waals surface area contributed by atoms with Crippen molar-refractivity contribution in [3.05, 3.63) is 141 Å². The molecule has 0 saturated carbocycles. The quantitative estimate of drug-likeness (QED) is 0.178. The molecule has 0 bridgehead atoms. The van der Waals surface area contributed by atoms with Gasteiger partial charge in [0, 0.05) is 5.02 Å². The van der Waals surface area contributed by atoms with Crippen molar-refractivity contribution in [2.24, 2.45) is 0 Å². The molecule has 220 valence electrons. The fourth-order valence-electron chi connectivity index (χ4n) is 5.76. The van der Waals surface area contributed by atoms with E-state index in [9.17, 15) is 4.79 Å². The number of aromatic nitrogens is 4. The number of fused-ring (bicyclic) bond motifs is 6. The number of hydrogen-bond donors (Lipinski definition) is 0. The van der Waals surface area contributed by atoms with Crippen LogP contribution in [0.5, 0.6) is 23.1 Å². The van der Waals surface area contributed by atoms with Crippen LogP contribution >= 0.6 is 11.6 Å². The monoisotopic (exact) mass is 614 g/mol. The predicted molar refractivity (Wildman–Crippen MR) is 168 cm³/mol. The van der Waals surface area contributed by atoms with Crippen molar-refractivity contribution in [1.82, 2.24) is 19.6 Å². The van der Waals surface area contributed by atoms with Gasteiger partial charge >= 0.3 is 5.63 Å². The van der Waals surface area contributed by atoms with Crippen LogP contribution in [-0.4, -0.2) is 26.7 Å². The molecule has 3 aromatic heterocycles. The Morgan fingerprint density at radius 2 is 1.78 bits per heavy atom. The summed E-state index contributed by atoms with van der Waals surface area (Å²) in [6, 6.07) is 30.1. The number of halogens is 1. The van der Waals surface area contributed by atoms with Gasteiger partial charge < -0.3 is 18.6 Å². The van der Waals surface area contributed by atoms with Crippen LogP contribution in [0.25, 0.3) is 28.0 Å². The third-order valence-corrected chi connectivity index (χ3v) is 8.04. The standard InChI is InChI=1S/C35H23ClN4O5/c1-42-26-15-14-22(36)17-25(26)32-38-33-30-28(21-10-7-11-23(16-21)43-18-20-8-3-2-4-9-20)29-31(45-34(30)37-19-40(33)39-32)24-12-5-6-13-27(24)44-35(29)41/h2-17,19,28H,18H2,1H3. The van der Waals surface area contributed by atoms with Crippen LogP contribution in [0.2, 0.25) is 5.02 Å². The minimum atomic E-state index is -0.667. The SMILES string of the molecule is COc1ccc(Cl)cc1-c1nc2c3c(ncn2n1)Oc1c(c(=O)oc2ccccc12)C3c1cccc(OCc2ccccc2)c1. The highest BCUT2D eigenvalue weighted by molar-refractivity contribution is 6.30. The van der Waals surface area contributed by atoms with Gasteiger partial charge in [-0.3, -0.25) is 0 Å². The highest BCUT2D eigenvalue weighted by Gasteiger charge is 2.38. The summed E-state index contributed by atoms with van der Waals surface area (Å²) in [4.78, 5) is 23.3. The number of benzene rings is 4. The zero-order valence-corrected chi connectivity index (χ0v) is 24.6. The topological polar surface area (TPSA) is 101 Å². The predicted octanol–water partition coefficient (Wildman–Crippen LogP) is 7.42. The minimum absolute atomic E-state index is 0.309. The smallest absolute Gasteiger partial charge is 0.344 e. The van der Waals surface area contributed by atoms with Crippen molar-refractivity contribution < 1.29 is 18.6 Å². The molecule has 4 aromatic carbocycles. The zero-order valence-electron chi connectivity index (χ0n) is 23.8. The molecule has 1 aliphatic rings. The second-order valence-corrected chi connectivity index (χ2v) is 11.0. The lowest BCUT2D eigenvalue weighted by atomic mass is 9.84. The van der Waals surface area contributed by atoms with Crippen LogP contribution < -0.4 is 19.8 Å². The summed E-state index contributed by atoms with van der Waals surface area (Å²) < 4.78 is 25.6. The minimum Gasteiger partial charge on any atom is -0.496 e. The molecule has 8 rings (SSSR count). The Labute approximate surface area is 261 Å². The van der Waals surface area contributed by atoms with E-state index >= 15 is 0 Å². The van der Waals surface area contributed by atoms with Crippen molar-refractivity contribution in [3.8, 4) is 34.5 Å². The average Bonchev–Trinajstić information content (AvgIpc) is 3.52. The van der Waals surface area contributed by atoms with Gasteiger partial charge in [-0.1, -0.05) is 66.2 Å². The molecular weight excluding hydrogens is 592 g/mol. The lowest BCUT2D eigenvalue weighted by molar-refractivity contribution is 0.306. The first-order valence-electron chi connectivity index (χ1n) is 14.2. The number of rotatable bonds is 6. The van der Waals surface area contributed by atoms with E-state index in [1.54, 1.807) is 35.9 Å². The fraction of sp³-hybridized carbons (Fsp3) is 0.0857. The Hall–Kier alpha value is -5.67. The Kier molecular flexibility index (Phi) is 6.46. The number of methoxy groups -OCH3 is 1. The lowest BCUT2D eigenvalue weighted by Gasteiger charge is -2.27. The van der Waals surface area contributed by atoms with E-state index in [1.807, 2.05) is 72.8 Å². The number of ether oxygens (including phenoxy) is 3. The molecule has 9 nitrogen and oxygen atoms in total. The van der Waals surface area contributed by atoms with Crippen molar-refractivity contribution in [2.75, 3.05) is 7.11 Å². The molecule has 0 amide bonds. The maximum atomic E-state index is 13.8. The summed E-state index contributed by atoms with van der Waals surface area (Å²) in [6.07, 6.45) is 1.54. The Morgan fingerprint density at radius 3 is 2.64 bits per heavy atom. The zero-order chi connectivity index (χ0) is 30.5. The third kappa shape index (κ3) is 4.65. The van der Waals surface area contributed by atoms with Crippen molar-refractivity contribution in [3.63, 3.8) is 0 Å². The molecule has 0 spiro atoms. The van der Waals surface area contributed by atoms with Gasteiger partial charge in [-0.05, 0) is 53.6 Å². The van der Waals surface area contributed by atoms with Gasteiger partial charge in [0.25, 0.3) is 0 Å². The van der Waals surface area contributed by atoms with E-state index < -0.39 is 11.5 Å². The van der Waals surface area contributed by atoms with Gasteiger partial charge in [-0.2, -0.15) is 0 Å². The summed E-state index contributed by atoms with van der Waals surface area (Å²) in [5.74, 6) is 1.61. The molecular formula is C35H23ClN4O5. The molecule has 0 radical (unpaired) electrons. The highest BCUT2D eigenvalue weighted by atomic mass is 35.5. The van der Waals surface area contributed by atoms with Gasteiger partial charge in [0.15, 0.2) is 17.2 Å². The number of hydrogen-bond acceptors (Lipinski definition) is 8. The Morgan fingerprint density at radius 1 is 0.933 bits per heavy atom. The molecule has 4 heterocycles. The van der Waals surface area contributed by atoms with Gasteiger partial charge in [-0.25, -0.2) is 19.3 Å². The van der Waals surface area contributed by atoms with E-state index in [0.29, 0.717) is 73.9 Å². The van der Waals surface area contributed by atoms with E-state index in [0.717, 1.165) is 11.1 Å². The molecule has 45 heavy (non-hydrogen) atoms. The number of para-hydroxylation sites is 1. The van der Waals surface area contributed by atoms with Crippen LogP contribution in [-0.2, 0) is 6.61 Å². The van der Waals surface area contributed by atoms with Crippen LogP contribution in [0.15, 0.2) is 113 Å². The molecule has 1 aliphatic heterocycles. The molecule has 7 aromatic rings. The second-order valence-electron chi connectivity index (χ2n) is 10.5. The van der Waals surface area contributed by atoms with E-state index in [1.165, 1.54) is 6.33 Å². The van der Waals surface area contributed by atoms with Crippen molar-refractivity contribution in [2.45, 2.75) is 12.5 Å². The first-order valence-corrected chi connectivity index (χ1v) is 14.5. The molecule has 0 aliphatic carbocycles. The van der Waals surface area contributed by atoms with Crippen molar-refractivity contribution >= 4 is 28.2 Å². The van der Waals surface area contributed by atoms with Gasteiger partial charge in [-0.15, -0.1) is 5.10 Å². The maximum absolute atomic E-state index is 13.8. The summed E-state index contributed by atoms with van der Waals surface area (Å²) in [5, 5.41) is 5.87. The van der Waals surface area contributed by atoms with Gasteiger partial charge in [0.05, 0.1) is 35.1 Å².